The fourth-order valence-electron chi connectivity index (χ4n) is 2.93. The van der Waals surface area contributed by atoms with E-state index >= 15 is 0 Å². The Hall–Kier alpha value is -0.610. The average Bonchev–Trinajstić information content (AvgIpc) is 2.24. The first-order valence-electron chi connectivity index (χ1n) is 6.86. The topological polar surface area (TPSA) is 64.3 Å². The lowest BCUT2D eigenvalue weighted by atomic mass is 9.79. The molecule has 3 N–H and O–H groups in total. The number of hydrogen-bond donors (Lipinski definition) is 2. The van der Waals surface area contributed by atoms with Gasteiger partial charge in [-0.25, -0.2) is 0 Å². The summed E-state index contributed by atoms with van der Waals surface area (Å²) in [7, 11) is 0. The van der Waals surface area contributed by atoms with E-state index in [2.05, 4.69) is 5.32 Å². The molecule has 98 valence electrons. The summed E-state index contributed by atoms with van der Waals surface area (Å²) < 4.78 is 6.03. The molecular formula is C13H24N2O2. The number of ether oxygens (including phenoxy) is 1. The Kier molecular flexibility index (Phi) is 4.05. The summed E-state index contributed by atoms with van der Waals surface area (Å²) >= 11 is 0. The van der Waals surface area contributed by atoms with E-state index < -0.39 is 5.54 Å². The predicted molar refractivity (Wildman–Crippen MR) is 66.6 cm³/mol. The summed E-state index contributed by atoms with van der Waals surface area (Å²) in [6.45, 7) is 2.79. The second-order valence-corrected chi connectivity index (χ2v) is 5.38. The maximum atomic E-state index is 11.7. The van der Waals surface area contributed by atoms with Crippen molar-refractivity contribution in [3.8, 4) is 0 Å². The van der Waals surface area contributed by atoms with E-state index in [1.807, 2.05) is 6.92 Å². The lowest BCUT2D eigenvalue weighted by Gasteiger charge is -2.41. The fraction of sp³-hybridized carbons (Fsp3) is 0.923. The Bertz CT molecular complexity index is 275. The van der Waals surface area contributed by atoms with Crippen LogP contribution in [0, 0.1) is 0 Å². The normalized spacial score (nSPS) is 34.3. The van der Waals surface area contributed by atoms with Gasteiger partial charge in [0.1, 0.15) is 5.54 Å². The highest BCUT2D eigenvalue weighted by molar-refractivity contribution is 5.84. The van der Waals surface area contributed by atoms with E-state index in [4.69, 9.17) is 10.5 Å². The maximum absolute atomic E-state index is 11.7. The minimum atomic E-state index is -0.526. The van der Waals surface area contributed by atoms with Crippen molar-refractivity contribution in [1.29, 1.82) is 0 Å². The Morgan fingerprint density at radius 1 is 1.35 bits per heavy atom. The summed E-state index contributed by atoms with van der Waals surface area (Å²) in [5, 5.41) is 3.28. The van der Waals surface area contributed by atoms with Crippen LogP contribution in [0.25, 0.3) is 0 Å². The Balaban J connectivity index is 1.94. The molecule has 0 aromatic heterocycles. The minimum absolute atomic E-state index is 0.209. The Morgan fingerprint density at radius 3 is 2.59 bits per heavy atom. The molecule has 2 saturated carbocycles. The van der Waals surface area contributed by atoms with Crippen molar-refractivity contribution in [2.24, 2.45) is 5.73 Å². The Labute approximate surface area is 103 Å². The van der Waals surface area contributed by atoms with Gasteiger partial charge in [0.25, 0.3) is 0 Å². The number of primary amides is 1. The summed E-state index contributed by atoms with van der Waals surface area (Å²) in [6.07, 6.45) is 7.97. The molecule has 2 atom stereocenters. The van der Waals surface area contributed by atoms with Crippen molar-refractivity contribution < 1.29 is 9.53 Å². The van der Waals surface area contributed by atoms with Gasteiger partial charge in [-0.1, -0.05) is 6.92 Å². The molecule has 17 heavy (non-hydrogen) atoms. The standard InChI is InChI=1S/C13H24N2O2/c1-2-15-13(12(14)16)8-4-7-11(9-13)17-10-5-3-6-10/h10-11,15H,2-9H2,1H3,(H2,14,16). The molecule has 0 aromatic rings. The molecule has 0 aliphatic heterocycles. The number of carbonyl (C=O) groups excluding carboxylic acids is 1. The molecule has 0 spiro atoms. The maximum Gasteiger partial charge on any atom is 0.237 e. The van der Waals surface area contributed by atoms with Gasteiger partial charge >= 0.3 is 0 Å². The zero-order chi connectivity index (χ0) is 12.3. The lowest BCUT2D eigenvalue weighted by molar-refractivity contribution is -0.131. The van der Waals surface area contributed by atoms with E-state index in [9.17, 15) is 4.79 Å². The third kappa shape index (κ3) is 2.80. The second-order valence-electron chi connectivity index (χ2n) is 5.38. The predicted octanol–water partition coefficient (Wildman–Crippen LogP) is 1.33. The number of hydrogen-bond acceptors (Lipinski definition) is 3. The molecule has 2 rings (SSSR count). The minimum Gasteiger partial charge on any atom is -0.375 e. The first-order chi connectivity index (χ1) is 8.16. The summed E-state index contributed by atoms with van der Waals surface area (Å²) in [4.78, 5) is 11.7. The van der Waals surface area contributed by atoms with Crippen molar-refractivity contribution in [2.75, 3.05) is 6.54 Å². The molecular weight excluding hydrogens is 216 g/mol. The highest BCUT2D eigenvalue weighted by atomic mass is 16.5. The Morgan fingerprint density at radius 2 is 2.06 bits per heavy atom. The monoisotopic (exact) mass is 240 g/mol. The van der Waals surface area contributed by atoms with E-state index in [-0.39, 0.29) is 12.0 Å². The molecule has 0 saturated heterocycles. The van der Waals surface area contributed by atoms with Gasteiger partial charge in [-0.3, -0.25) is 4.79 Å². The number of amides is 1. The van der Waals surface area contributed by atoms with Crippen molar-refractivity contribution in [1.82, 2.24) is 5.32 Å². The molecule has 0 radical (unpaired) electrons. The van der Waals surface area contributed by atoms with Crippen LogP contribution in [0.5, 0.6) is 0 Å². The van der Waals surface area contributed by atoms with Crippen LogP contribution in [0.1, 0.15) is 51.9 Å². The van der Waals surface area contributed by atoms with Gasteiger partial charge in [-0.2, -0.15) is 0 Å². The smallest absolute Gasteiger partial charge is 0.237 e. The van der Waals surface area contributed by atoms with Crippen LogP contribution >= 0.6 is 0 Å². The summed E-state index contributed by atoms with van der Waals surface area (Å²) in [6, 6.07) is 0. The zero-order valence-corrected chi connectivity index (χ0v) is 10.7. The SMILES string of the molecule is CCNC1(C(N)=O)CCCC(OC2CCC2)C1. The average molecular weight is 240 g/mol. The summed E-state index contributed by atoms with van der Waals surface area (Å²) in [5.41, 5.74) is 5.04. The molecule has 2 aliphatic rings. The number of nitrogens with two attached hydrogens (primary N) is 1. The van der Waals surface area contributed by atoms with Crippen LogP contribution in [0.3, 0.4) is 0 Å². The third-order valence-electron chi connectivity index (χ3n) is 4.13. The molecule has 0 heterocycles. The van der Waals surface area contributed by atoms with E-state index in [0.29, 0.717) is 6.10 Å². The van der Waals surface area contributed by atoms with Crippen molar-refractivity contribution in [3.63, 3.8) is 0 Å². The van der Waals surface area contributed by atoms with Gasteiger partial charge in [0.15, 0.2) is 0 Å². The van der Waals surface area contributed by atoms with Crippen LogP contribution in [-0.4, -0.2) is 30.2 Å². The number of nitrogens with one attached hydrogen (secondary N) is 1. The first-order valence-corrected chi connectivity index (χ1v) is 6.86. The quantitative estimate of drug-likeness (QED) is 0.762. The van der Waals surface area contributed by atoms with Crippen LogP contribution < -0.4 is 11.1 Å². The van der Waals surface area contributed by atoms with Crippen molar-refractivity contribution in [3.05, 3.63) is 0 Å². The zero-order valence-electron chi connectivity index (χ0n) is 10.7. The third-order valence-corrected chi connectivity index (χ3v) is 4.13. The first kappa shape index (κ1) is 12.8. The molecule has 4 nitrogen and oxygen atoms in total. The molecule has 0 bridgehead atoms. The van der Waals surface area contributed by atoms with Crippen LogP contribution in [0.2, 0.25) is 0 Å². The van der Waals surface area contributed by atoms with Crippen molar-refractivity contribution >= 4 is 5.91 Å². The number of rotatable bonds is 5. The lowest BCUT2D eigenvalue weighted by Crippen LogP contribution is -2.59. The van der Waals surface area contributed by atoms with E-state index in [0.717, 1.165) is 32.2 Å². The van der Waals surface area contributed by atoms with Crippen LogP contribution in [0.4, 0.5) is 0 Å². The van der Waals surface area contributed by atoms with E-state index in [1.54, 1.807) is 0 Å². The highest BCUT2D eigenvalue weighted by Gasteiger charge is 2.41. The molecule has 2 unspecified atom stereocenters. The second kappa shape index (κ2) is 5.36. The molecule has 4 heteroatoms. The van der Waals surface area contributed by atoms with Gasteiger partial charge in [-0.05, 0) is 45.1 Å². The van der Waals surface area contributed by atoms with Crippen LogP contribution in [0.15, 0.2) is 0 Å². The largest absolute Gasteiger partial charge is 0.375 e. The number of carbonyl (C=O) groups is 1. The van der Waals surface area contributed by atoms with Gasteiger partial charge in [-0.15, -0.1) is 0 Å². The molecule has 0 aromatic carbocycles. The molecule has 2 fully saturated rings. The highest BCUT2D eigenvalue weighted by Crippen LogP contribution is 2.33. The van der Waals surface area contributed by atoms with Gasteiger partial charge in [0, 0.05) is 6.42 Å². The number of likely N-dealkylation sites (N-methyl/N-ethyl adjacent to an activating group) is 1. The summed E-state index contributed by atoms with van der Waals surface area (Å²) in [5.74, 6) is -0.221. The fourth-order valence-corrected chi connectivity index (χ4v) is 2.93. The molecule has 1 amide bonds. The van der Waals surface area contributed by atoms with Gasteiger partial charge < -0.3 is 15.8 Å². The van der Waals surface area contributed by atoms with Gasteiger partial charge in [0.2, 0.25) is 5.91 Å². The van der Waals surface area contributed by atoms with Gasteiger partial charge in [0.05, 0.1) is 12.2 Å². The van der Waals surface area contributed by atoms with E-state index in [1.165, 1.54) is 19.3 Å². The van der Waals surface area contributed by atoms with Crippen molar-refractivity contribution in [2.45, 2.75) is 69.6 Å². The molecule has 2 aliphatic carbocycles. The van der Waals surface area contributed by atoms with Crippen LogP contribution in [-0.2, 0) is 9.53 Å².